The second-order valence-electron chi connectivity index (χ2n) is 6.12. The number of halogens is 4. The van der Waals surface area contributed by atoms with Crippen molar-refractivity contribution in [2.75, 3.05) is 0 Å². The monoisotopic (exact) mass is 334 g/mol. The van der Waals surface area contributed by atoms with E-state index in [4.69, 9.17) is 11.6 Å². The van der Waals surface area contributed by atoms with Gasteiger partial charge in [-0.25, -0.2) is 5.01 Å². The third-order valence-electron chi connectivity index (χ3n) is 3.80. The quantitative estimate of drug-likeness (QED) is 0.910. The van der Waals surface area contributed by atoms with Crippen molar-refractivity contribution in [3.8, 4) is 0 Å². The number of benzene rings is 1. The standard InChI is InChI=1S/C15H18ClF3N2O/c1-14(2)9-13(22)20-21(14)12(15(17,18)19)8-5-10-3-6-11(16)7-4-10/h3-4,6-7,12H,5,8-9H2,1-2H3,(H,20,22)/t12-/m0/s1. The van der Waals surface area contributed by atoms with Gasteiger partial charge in [-0.3, -0.25) is 10.2 Å². The van der Waals surface area contributed by atoms with Crippen molar-refractivity contribution >= 4 is 17.5 Å². The first-order valence-corrected chi connectivity index (χ1v) is 7.37. The van der Waals surface area contributed by atoms with Crippen LogP contribution in [0.4, 0.5) is 13.2 Å². The van der Waals surface area contributed by atoms with E-state index in [1.54, 1.807) is 38.1 Å². The molecule has 1 fully saturated rings. The molecule has 1 aliphatic rings. The van der Waals surface area contributed by atoms with E-state index in [0.717, 1.165) is 10.6 Å². The number of amides is 1. The molecular weight excluding hydrogens is 317 g/mol. The molecule has 1 aromatic carbocycles. The fourth-order valence-corrected chi connectivity index (χ4v) is 2.82. The van der Waals surface area contributed by atoms with E-state index in [1.165, 1.54) is 0 Å². The number of nitrogens with zero attached hydrogens (tertiary/aromatic N) is 1. The van der Waals surface area contributed by atoms with E-state index in [0.29, 0.717) is 5.02 Å². The second kappa shape index (κ2) is 6.08. The van der Waals surface area contributed by atoms with Crippen LogP contribution in [0, 0.1) is 0 Å². The molecule has 0 aromatic heterocycles. The Morgan fingerprint density at radius 3 is 2.36 bits per heavy atom. The van der Waals surface area contributed by atoms with Crippen molar-refractivity contribution in [2.24, 2.45) is 0 Å². The minimum Gasteiger partial charge on any atom is -0.288 e. The van der Waals surface area contributed by atoms with E-state index >= 15 is 0 Å². The number of nitrogens with one attached hydrogen (secondary N) is 1. The summed E-state index contributed by atoms with van der Waals surface area (Å²) >= 11 is 5.77. The molecule has 0 radical (unpaired) electrons. The molecule has 22 heavy (non-hydrogen) atoms. The average Bonchev–Trinajstić information content (AvgIpc) is 2.63. The molecule has 1 saturated heterocycles. The number of rotatable bonds is 4. The summed E-state index contributed by atoms with van der Waals surface area (Å²) in [6.45, 7) is 3.26. The zero-order chi connectivity index (χ0) is 16.5. The second-order valence-corrected chi connectivity index (χ2v) is 6.55. The fourth-order valence-electron chi connectivity index (χ4n) is 2.70. The Labute approximate surface area is 132 Å². The third-order valence-corrected chi connectivity index (χ3v) is 4.05. The number of carbonyl (C=O) groups is 1. The van der Waals surface area contributed by atoms with Crippen LogP contribution in [-0.4, -0.2) is 28.7 Å². The van der Waals surface area contributed by atoms with Crippen molar-refractivity contribution in [3.63, 3.8) is 0 Å². The van der Waals surface area contributed by atoms with Crippen molar-refractivity contribution < 1.29 is 18.0 Å². The molecule has 122 valence electrons. The van der Waals surface area contributed by atoms with Crippen LogP contribution in [0.25, 0.3) is 0 Å². The first-order valence-electron chi connectivity index (χ1n) is 6.99. The number of hydrazine groups is 1. The molecule has 0 unspecified atom stereocenters. The number of hydrogen-bond donors (Lipinski definition) is 1. The van der Waals surface area contributed by atoms with Gasteiger partial charge in [0.15, 0.2) is 0 Å². The van der Waals surface area contributed by atoms with Crippen LogP contribution in [0.5, 0.6) is 0 Å². The molecule has 3 nitrogen and oxygen atoms in total. The topological polar surface area (TPSA) is 32.3 Å². The SMILES string of the molecule is CC1(C)CC(=O)NN1[C@@H](CCc1ccc(Cl)cc1)C(F)(F)F. The molecule has 7 heteroatoms. The Morgan fingerprint density at radius 2 is 1.91 bits per heavy atom. The van der Waals surface area contributed by atoms with Crippen LogP contribution in [0.15, 0.2) is 24.3 Å². The van der Waals surface area contributed by atoms with E-state index in [2.05, 4.69) is 5.43 Å². The summed E-state index contributed by atoms with van der Waals surface area (Å²) in [6, 6.07) is 5.01. The highest BCUT2D eigenvalue weighted by molar-refractivity contribution is 6.30. The first-order chi connectivity index (χ1) is 10.1. The maximum Gasteiger partial charge on any atom is 0.405 e. The Hall–Kier alpha value is -1.27. The molecule has 1 aliphatic heterocycles. The molecule has 1 atom stereocenters. The highest BCUT2D eigenvalue weighted by atomic mass is 35.5. The van der Waals surface area contributed by atoms with Crippen LogP contribution in [-0.2, 0) is 11.2 Å². The fraction of sp³-hybridized carbons (Fsp3) is 0.533. The van der Waals surface area contributed by atoms with Gasteiger partial charge in [-0.15, -0.1) is 0 Å². The number of alkyl halides is 3. The van der Waals surface area contributed by atoms with Gasteiger partial charge < -0.3 is 0 Å². The Bertz CT molecular complexity index is 543. The molecule has 1 N–H and O–H groups in total. The van der Waals surface area contributed by atoms with E-state index in [-0.39, 0.29) is 25.2 Å². The molecule has 2 rings (SSSR count). The summed E-state index contributed by atoms with van der Waals surface area (Å²) in [5.41, 5.74) is 2.27. The highest BCUT2D eigenvalue weighted by Crippen LogP contribution is 2.35. The summed E-state index contributed by atoms with van der Waals surface area (Å²) in [6.07, 6.45) is -4.24. The van der Waals surface area contributed by atoms with Gasteiger partial charge in [-0.1, -0.05) is 23.7 Å². The molecule has 1 heterocycles. The van der Waals surface area contributed by atoms with Gasteiger partial charge in [0.25, 0.3) is 0 Å². The van der Waals surface area contributed by atoms with Gasteiger partial charge in [0.05, 0.1) is 0 Å². The lowest BCUT2D eigenvalue weighted by atomic mass is 9.97. The Morgan fingerprint density at radius 1 is 1.32 bits per heavy atom. The molecular formula is C15H18ClF3N2O. The van der Waals surface area contributed by atoms with Crippen molar-refractivity contribution in [1.29, 1.82) is 0 Å². The molecule has 0 aliphatic carbocycles. The van der Waals surface area contributed by atoms with Crippen molar-refractivity contribution in [2.45, 2.75) is 50.9 Å². The zero-order valence-electron chi connectivity index (χ0n) is 12.4. The van der Waals surface area contributed by atoms with Crippen molar-refractivity contribution in [1.82, 2.24) is 10.4 Å². The highest BCUT2D eigenvalue weighted by Gasteiger charge is 2.51. The largest absolute Gasteiger partial charge is 0.405 e. The lowest BCUT2D eigenvalue weighted by molar-refractivity contribution is -0.202. The average molecular weight is 335 g/mol. The summed E-state index contributed by atoms with van der Waals surface area (Å²) in [4.78, 5) is 11.5. The summed E-state index contributed by atoms with van der Waals surface area (Å²) in [5.74, 6) is -0.384. The Kier molecular flexibility index (Phi) is 4.73. The van der Waals surface area contributed by atoms with Crippen LogP contribution < -0.4 is 5.43 Å². The minimum absolute atomic E-state index is 0.0561. The predicted octanol–water partition coefficient (Wildman–Crippen LogP) is 3.72. The predicted molar refractivity (Wildman–Crippen MR) is 78.3 cm³/mol. The minimum atomic E-state index is -4.42. The normalized spacial score (nSPS) is 20.0. The number of aryl methyl sites for hydroxylation is 1. The van der Waals surface area contributed by atoms with Crippen LogP contribution in [0.3, 0.4) is 0 Å². The molecule has 0 saturated carbocycles. The van der Waals surface area contributed by atoms with E-state index in [9.17, 15) is 18.0 Å². The molecule has 1 aromatic rings. The summed E-state index contributed by atoms with van der Waals surface area (Å²) in [5, 5.41) is 1.59. The third kappa shape index (κ3) is 3.93. The van der Waals surface area contributed by atoms with Crippen LogP contribution in [0.1, 0.15) is 32.3 Å². The lowest BCUT2D eigenvalue weighted by Gasteiger charge is -2.37. The lowest BCUT2D eigenvalue weighted by Crippen LogP contribution is -2.56. The van der Waals surface area contributed by atoms with Crippen LogP contribution in [0.2, 0.25) is 5.02 Å². The molecule has 0 spiro atoms. The first kappa shape index (κ1) is 17.1. The summed E-state index contributed by atoms with van der Waals surface area (Å²) in [7, 11) is 0. The maximum absolute atomic E-state index is 13.4. The van der Waals surface area contributed by atoms with Gasteiger partial charge in [0.1, 0.15) is 6.04 Å². The van der Waals surface area contributed by atoms with E-state index in [1.807, 2.05) is 0 Å². The molecule has 1 amide bonds. The van der Waals surface area contributed by atoms with E-state index < -0.39 is 17.8 Å². The number of hydrogen-bond acceptors (Lipinski definition) is 2. The van der Waals surface area contributed by atoms with Gasteiger partial charge in [0, 0.05) is 17.0 Å². The van der Waals surface area contributed by atoms with Gasteiger partial charge >= 0.3 is 6.18 Å². The number of carbonyl (C=O) groups excluding carboxylic acids is 1. The van der Waals surface area contributed by atoms with Crippen LogP contribution >= 0.6 is 11.6 Å². The maximum atomic E-state index is 13.4. The van der Waals surface area contributed by atoms with Crippen molar-refractivity contribution in [3.05, 3.63) is 34.9 Å². The Balaban J connectivity index is 2.14. The van der Waals surface area contributed by atoms with Gasteiger partial charge in [-0.2, -0.15) is 13.2 Å². The zero-order valence-corrected chi connectivity index (χ0v) is 13.1. The van der Waals surface area contributed by atoms with Gasteiger partial charge in [-0.05, 0) is 44.4 Å². The van der Waals surface area contributed by atoms with Gasteiger partial charge in [0.2, 0.25) is 5.91 Å². The molecule has 0 bridgehead atoms. The smallest absolute Gasteiger partial charge is 0.288 e. The summed E-state index contributed by atoms with van der Waals surface area (Å²) < 4.78 is 40.2.